The molecule has 6 heteroatoms. The minimum Gasteiger partial charge on any atom is -0.370 e. The number of anilines is 1. The minimum atomic E-state index is 0.409. The Morgan fingerprint density at radius 1 is 1.23 bits per heavy atom. The summed E-state index contributed by atoms with van der Waals surface area (Å²) in [4.78, 5) is 6.81. The molecule has 0 spiro atoms. The Labute approximate surface area is 153 Å². The lowest BCUT2D eigenvalue weighted by Crippen LogP contribution is -2.22. The van der Waals surface area contributed by atoms with E-state index in [-0.39, 0.29) is 0 Å². The van der Waals surface area contributed by atoms with Crippen LogP contribution in [0.2, 0.25) is 0 Å². The fourth-order valence-corrected chi connectivity index (χ4v) is 3.26. The highest BCUT2D eigenvalue weighted by Gasteiger charge is 2.20. The monoisotopic (exact) mass is 346 g/mol. The highest BCUT2D eigenvalue weighted by molar-refractivity contribution is 5.86. The van der Waals surface area contributed by atoms with E-state index in [0.717, 1.165) is 41.1 Å². The van der Waals surface area contributed by atoms with Gasteiger partial charge < -0.3 is 10.2 Å². The predicted molar refractivity (Wildman–Crippen MR) is 103 cm³/mol. The molecule has 0 atom stereocenters. The van der Waals surface area contributed by atoms with Crippen molar-refractivity contribution in [3.8, 4) is 12.1 Å². The largest absolute Gasteiger partial charge is 0.370 e. The number of para-hydroxylation sites is 2. The average Bonchev–Trinajstić information content (AvgIpc) is 3.00. The van der Waals surface area contributed by atoms with Crippen LogP contribution in [0.1, 0.15) is 23.1 Å². The van der Waals surface area contributed by atoms with Crippen LogP contribution in [0.5, 0.6) is 0 Å². The number of benzene rings is 1. The molecule has 3 rings (SSSR count). The van der Waals surface area contributed by atoms with Gasteiger partial charge in [0, 0.05) is 19.5 Å². The second-order valence-electron chi connectivity index (χ2n) is 6.59. The second-order valence-corrected chi connectivity index (χ2v) is 6.59. The zero-order valence-electron chi connectivity index (χ0n) is 15.4. The van der Waals surface area contributed by atoms with Crippen molar-refractivity contribution in [2.24, 2.45) is 0 Å². The molecule has 2 heterocycles. The number of hydrogen-bond acceptors (Lipinski definition) is 5. The molecule has 1 aromatic carbocycles. The molecule has 0 saturated carbocycles. The normalized spacial score (nSPS) is 11.0. The van der Waals surface area contributed by atoms with Crippen molar-refractivity contribution in [1.82, 2.24) is 14.3 Å². The summed E-state index contributed by atoms with van der Waals surface area (Å²) in [5.41, 5.74) is 4.98. The fourth-order valence-electron chi connectivity index (χ4n) is 3.26. The number of pyridine rings is 1. The molecule has 0 aliphatic heterocycles. The van der Waals surface area contributed by atoms with Gasteiger partial charge in [-0.05, 0) is 50.7 Å². The van der Waals surface area contributed by atoms with Crippen LogP contribution in [0.4, 0.5) is 5.82 Å². The lowest BCUT2D eigenvalue weighted by atomic mass is 10.0. The lowest BCUT2D eigenvalue weighted by Gasteiger charge is -2.19. The van der Waals surface area contributed by atoms with E-state index in [9.17, 15) is 5.26 Å². The maximum atomic E-state index is 9.74. The SMILES string of the molecule is Cc1c(CCC#N)c(NCCN(C)C)n2c(nc3ccccc32)c1C#N. The number of imidazole rings is 1. The molecule has 0 aliphatic carbocycles. The van der Waals surface area contributed by atoms with Gasteiger partial charge in [0.15, 0.2) is 5.65 Å². The van der Waals surface area contributed by atoms with Crippen LogP contribution in [0.25, 0.3) is 16.7 Å². The predicted octanol–water partition coefficient (Wildman–Crippen LogP) is 3.10. The first-order valence-corrected chi connectivity index (χ1v) is 8.66. The average molecular weight is 346 g/mol. The summed E-state index contributed by atoms with van der Waals surface area (Å²) in [6, 6.07) is 12.4. The zero-order chi connectivity index (χ0) is 18.7. The number of likely N-dealkylation sites (N-methyl/N-ethyl adjacent to an activating group) is 1. The van der Waals surface area contributed by atoms with E-state index in [1.54, 1.807) is 0 Å². The van der Waals surface area contributed by atoms with Gasteiger partial charge in [0.25, 0.3) is 0 Å². The molecular formula is C20H22N6. The Morgan fingerprint density at radius 2 is 2.00 bits per heavy atom. The van der Waals surface area contributed by atoms with Crippen molar-refractivity contribution in [2.45, 2.75) is 19.8 Å². The maximum Gasteiger partial charge on any atom is 0.157 e. The van der Waals surface area contributed by atoms with Gasteiger partial charge in [-0.25, -0.2) is 4.98 Å². The van der Waals surface area contributed by atoms with Crippen molar-refractivity contribution >= 4 is 22.5 Å². The Balaban J connectivity index is 2.30. The third-order valence-electron chi connectivity index (χ3n) is 4.57. The first-order valence-electron chi connectivity index (χ1n) is 8.66. The summed E-state index contributed by atoms with van der Waals surface area (Å²) in [7, 11) is 4.06. The van der Waals surface area contributed by atoms with E-state index < -0.39 is 0 Å². The van der Waals surface area contributed by atoms with Crippen LogP contribution in [-0.2, 0) is 6.42 Å². The van der Waals surface area contributed by atoms with E-state index in [0.29, 0.717) is 24.1 Å². The number of fused-ring (bicyclic) bond motifs is 3. The number of hydrogen-bond donors (Lipinski definition) is 1. The Morgan fingerprint density at radius 3 is 2.69 bits per heavy atom. The molecule has 3 aromatic rings. The van der Waals surface area contributed by atoms with Gasteiger partial charge in [-0.2, -0.15) is 10.5 Å². The molecule has 26 heavy (non-hydrogen) atoms. The molecule has 0 aliphatic rings. The van der Waals surface area contributed by atoms with Crippen LogP contribution in [0.3, 0.4) is 0 Å². The van der Waals surface area contributed by atoms with E-state index in [1.165, 1.54) is 0 Å². The van der Waals surface area contributed by atoms with Gasteiger partial charge in [-0.15, -0.1) is 0 Å². The van der Waals surface area contributed by atoms with Gasteiger partial charge in [-0.1, -0.05) is 12.1 Å². The fraction of sp³-hybridized carbons (Fsp3) is 0.350. The van der Waals surface area contributed by atoms with Crippen LogP contribution >= 0.6 is 0 Å². The molecule has 1 N–H and O–H groups in total. The first-order chi connectivity index (χ1) is 12.6. The number of rotatable bonds is 6. The number of nitrogens with one attached hydrogen (secondary N) is 1. The number of nitrogens with zero attached hydrogens (tertiary/aromatic N) is 5. The molecule has 0 amide bonds. The summed E-state index contributed by atoms with van der Waals surface area (Å²) in [6.07, 6.45) is 1.01. The van der Waals surface area contributed by atoms with E-state index in [1.807, 2.05) is 49.7 Å². The van der Waals surface area contributed by atoms with E-state index in [2.05, 4.69) is 22.4 Å². The maximum absolute atomic E-state index is 9.74. The third kappa shape index (κ3) is 3.08. The van der Waals surface area contributed by atoms with Crippen molar-refractivity contribution < 1.29 is 0 Å². The summed E-state index contributed by atoms with van der Waals surface area (Å²) < 4.78 is 2.03. The standard InChI is InChI=1S/C20H22N6/c1-14-15(7-6-10-21)19(23-11-12-25(2)3)26-18-9-5-4-8-17(18)24-20(26)16(14)13-22/h4-5,8-9,23H,6-7,11-12H2,1-3H3. The molecular weight excluding hydrogens is 324 g/mol. The Kier molecular flexibility index (Phi) is 5.06. The highest BCUT2D eigenvalue weighted by atomic mass is 15.1. The van der Waals surface area contributed by atoms with Crippen molar-refractivity contribution in [3.63, 3.8) is 0 Å². The Hall–Kier alpha value is -3.09. The third-order valence-corrected chi connectivity index (χ3v) is 4.57. The van der Waals surface area contributed by atoms with Crippen LogP contribution < -0.4 is 5.32 Å². The van der Waals surface area contributed by atoms with Crippen molar-refractivity contribution in [1.29, 1.82) is 10.5 Å². The molecule has 0 fully saturated rings. The summed E-state index contributed by atoms with van der Waals surface area (Å²) in [6.45, 7) is 3.59. The summed E-state index contributed by atoms with van der Waals surface area (Å²) >= 11 is 0. The van der Waals surface area contributed by atoms with Gasteiger partial charge in [0.1, 0.15) is 11.9 Å². The van der Waals surface area contributed by atoms with Gasteiger partial charge in [0.2, 0.25) is 0 Å². The number of aromatic nitrogens is 2. The van der Waals surface area contributed by atoms with Gasteiger partial charge in [-0.3, -0.25) is 4.40 Å². The second kappa shape index (κ2) is 7.43. The Bertz CT molecular complexity index is 1030. The topological polar surface area (TPSA) is 80.2 Å². The van der Waals surface area contributed by atoms with E-state index in [4.69, 9.17) is 10.2 Å². The van der Waals surface area contributed by atoms with Gasteiger partial charge >= 0.3 is 0 Å². The first kappa shape index (κ1) is 17.7. The van der Waals surface area contributed by atoms with Crippen LogP contribution in [0.15, 0.2) is 24.3 Å². The van der Waals surface area contributed by atoms with Crippen molar-refractivity contribution in [3.05, 3.63) is 41.0 Å². The lowest BCUT2D eigenvalue weighted by molar-refractivity contribution is 0.425. The molecule has 0 bridgehead atoms. The van der Waals surface area contributed by atoms with Crippen LogP contribution in [0, 0.1) is 29.6 Å². The summed E-state index contributed by atoms with van der Waals surface area (Å²) in [5, 5.41) is 22.3. The van der Waals surface area contributed by atoms with Crippen molar-refractivity contribution in [2.75, 3.05) is 32.5 Å². The zero-order valence-corrected chi connectivity index (χ0v) is 15.4. The molecule has 0 unspecified atom stereocenters. The molecule has 132 valence electrons. The minimum absolute atomic E-state index is 0.409. The summed E-state index contributed by atoms with van der Waals surface area (Å²) in [5.74, 6) is 0.933. The molecule has 2 aromatic heterocycles. The molecule has 0 radical (unpaired) electrons. The molecule has 0 saturated heterocycles. The smallest absolute Gasteiger partial charge is 0.157 e. The van der Waals surface area contributed by atoms with E-state index >= 15 is 0 Å². The number of nitriles is 2. The quantitative estimate of drug-likeness (QED) is 0.742. The van der Waals surface area contributed by atoms with Crippen LogP contribution in [-0.4, -0.2) is 41.5 Å². The highest BCUT2D eigenvalue weighted by Crippen LogP contribution is 2.31. The molecule has 6 nitrogen and oxygen atoms in total. The van der Waals surface area contributed by atoms with Gasteiger partial charge in [0.05, 0.1) is 22.7 Å².